The number of unbranched alkanes of at least 4 members (excludes halogenated alkanes) is 14. The number of carbonyl (C=O) groups is 3. The van der Waals surface area contributed by atoms with Crippen LogP contribution in [0.1, 0.15) is 149 Å². The lowest BCUT2D eigenvalue weighted by molar-refractivity contribution is -0.139. The number of aliphatic carboxylic acids is 1. The molecule has 206 valence electrons. The third-order valence-electron chi connectivity index (χ3n) is 6.66. The molecule has 0 unspecified atom stereocenters. The zero-order valence-corrected chi connectivity index (χ0v) is 23.3. The first-order chi connectivity index (χ1) is 17.0. The van der Waals surface area contributed by atoms with E-state index in [1.165, 1.54) is 64.2 Å². The smallest absolute Gasteiger partial charge is 0.303 e. The van der Waals surface area contributed by atoms with E-state index >= 15 is 0 Å². The van der Waals surface area contributed by atoms with E-state index in [2.05, 4.69) is 26.1 Å². The Balaban J connectivity index is 4.24. The van der Waals surface area contributed by atoms with Crippen LogP contribution >= 0.6 is 0 Å². The Morgan fingerprint density at radius 2 is 1.06 bits per heavy atom. The molecule has 0 aliphatic rings. The van der Waals surface area contributed by atoms with Crippen LogP contribution in [-0.2, 0) is 14.4 Å². The van der Waals surface area contributed by atoms with Gasteiger partial charge in [0, 0.05) is 25.9 Å². The van der Waals surface area contributed by atoms with Crippen molar-refractivity contribution in [3.63, 3.8) is 0 Å². The Morgan fingerprint density at radius 3 is 1.49 bits per heavy atom. The maximum absolute atomic E-state index is 13.1. The van der Waals surface area contributed by atoms with Gasteiger partial charge < -0.3 is 15.3 Å². The number of carbonyl (C=O) groups excluding carboxylic acids is 2. The molecule has 0 aliphatic heterocycles. The minimum atomic E-state index is -0.942. The maximum atomic E-state index is 13.1. The molecule has 0 saturated carbocycles. The Hall–Kier alpha value is -1.59. The van der Waals surface area contributed by atoms with E-state index in [1.54, 1.807) is 0 Å². The fourth-order valence-corrected chi connectivity index (χ4v) is 4.35. The van der Waals surface area contributed by atoms with E-state index in [0.717, 1.165) is 44.9 Å². The molecule has 6 nitrogen and oxygen atoms in total. The van der Waals surface area contributed by atoms with Gasteiger partial charge in [-0.25, -0.2) is 0 Å². The second-order valence-corrected chi connectivity index (χ2v) is 10.1. The number of nitrogens with one attached hydrogen (secondary N) is 1. The molecule has 6 heteroatoms. The zero-order chi connectivity index (χ0) is 26.2. The lowest BCUT2D eigenvalue weighted by atomic mass is 10.0. The summed E-state index contributed by atoms with van der Waals surface area (Å²) in [4.78, 5) is 38.5. The molecule has 0 spiro atoms. The van der Waals surface area contributed by atoms with Gasteiger partial charge in [-0.05, 0) is 25.7 Å². The van der Waals surface area contributed by atoms with E-state index in [4.69, 9.17) is 5.11 Å². The monoisotopic (exact) mass is 496 g/mol. The van der Waals surface area contributed by atoms with Crippen molar-refractivity contribution in [1.29, 1.82) is 0 Å². The van der Waals surface area contributed by atoms with Crippen LogP contribution in [0.4, 0.5) is 0 Å². The van der Waals surface area contributed by atoms with Crippen molar-refractivity contribution < 1.29 is 19.5 Å². The normalized spacial score (nSPS) is 11.9. The second-order valence-electron chi connectivity index (χ2n) is 10.1. The fraction of sp³-hybridized carbons (Fsp3) is 0.897. The Kier molecular flexibility index (Phi) is 23.0. The average molecular weight is 497 g/mol. The summed E-state index contributed by atoms with van der Waals surface area (Å²) in [6.45, 7) is 7.74. The van der Waals surface area contributed by atoms with Crippen LogP contribution in [0.5, 0.6) is 0 Å². The molecule has 0 aliphatic carbocycles. The number of rotatable bonds is 25. The molecule has 0 aromatic heterocycles. The SMILES string of the molecule is CCCCCCCCCCCCCCCC(=O)N[C@@H](CCC(=O)O)C(=O)N(CCCC)CCCC. The van der Waals surface area contributed by atoms with Gasteiger partial charge in [-0.2, -0.15) is 0 Å². The van der Waals surface area contributed by atoms with Crippen molar-refractivity contribution in [1.82, 2.24) is 10.2 Å². The highest BCUT2D eigenvalue weighted by Crippen LogP contribution is 2.13. The van der Waals surface area contributed by atoms with Crippen LogP contribution < -0.4 is 5.32 Å². The van der Waals surface area contributed by atoms with Crippen molar-refractivity contribution in [3.05, 3.63) is 0 Å². The highest BCUT2D eigenvalue weighted by atomic mass is 16.4. The van der Waals surface area contributed by atoms with Crippen molar-refractivity contribution >= 4 is 17.8 Å². The van der Waals surface area contributed by atoms with Gasteiger partial charge in [0.05, 0.1) is 0 Å². The summed E-state index contributed by atoms with van der Waals surface area (Å²) in [5.41, 5.74) is 0. The van der Waals surface area contributed by atoms with Gasteiger partial charge in [0.2, 0.25) is 11.8 Å². The Bertz CT molecular complexity index is 531. The van der Waals surface area contributed by atoms with E-state index in [0.29, 0.717) is 19.5 Å². The zero-order valence-electron chi connectivity index (χ0n) is 23.3. The van der Waals surface area contributed by atoms with Crippen LogP contribution in [0.15, 0.2) is 0 Å². The number of amides is 2. The molecule has 0 aromatic carbocycles. The molecule has 0 heterocycles. The van der Waals surface area contributed by atoms with Crippen LogP contribution in [0.2, 0.25) is 0 Å². The van der Waals surface area contributed by atoms with Crippen molar-refractivity contribution in [2.24, 2.45) is 0 Å². The molecule has 0 bridgehead atoms. The van der Waals surface area contributed by atoms with Crippen molar-refractivity contribution in [3.8, 4) is 0 Å². The molecule has 0 fully saturated rings. The molecule has 1 atom stereocenters. The first kappa shape index (κ1) is 33.4. The van der Waals surface area contributed by atoms with Crippen LogP contribution in [-0.4, -0.2) is 46.9 Å². The number of hydrogen-bond acceptors (Lipinski definition) is 3. The number of carboxylic acid groups (broad SMARTS) is 1. The molecule has 35 heavy (non-hydrogen) atoms. The van der Waals surface area contributed by atoms with Crippen LogP contribution in [0.3, 0.4) is 0 Å². The largest absolute Gasteiger partial charge is 0.481 e. The summed E-state index contributed by atoms with van der Waals surface area (Å²) in [7, 11) is 0. The molecular formula is C29H56N2O4. The summed E-state index contributed by atoms with van der Waals surface area (Å²) in [6.07, 6.45) is 20.5. The van der Waals surface area contributed by atoms with Crippen LogP contribution in [0, 0.1) is 0 Å². The number of carboxylic acids is 1. The lowest BCUT2D eigenvalue weighted by Gasteiger charge is -2.28. The number of nitrogens with zero attached hydrogens (tertiary/aromatic N) is 1. The molecule has 0 aromatic rings. The van der Waals surface area contributed by atoms with Gasteiger partial charge in [0.25, 0.3) is 0 Å². The standard InChI is InChI=1S/C29H56N2O4/c1-4-7-10-11-12-13-14-15-16-17-18-19-20-21-27(32)30-26(22-23-28(33)34)29(35)31(24-8-5-2)25-9-6-3/h26H,4-25H2,1-3H3,(H,30,32)(H,33,34)/t26-/m0/s1. The summed E-state index contributed by atoms with van der Waals surface area (Å²) in [5, 5.41) is 12.0. The molecule has 0 saturated heterocycles. The van der Waals surface area contributed by atoms with Crippen molar-refractivity contribution in [2.75, 3.05) is 13.1 Å². The minimum Gasteiger partial charge on any atom is -0.481 e. The van der Waals surface area contributed by atoms with Crippen molar-refractivity contribution in [2.45, 2.75) is 155 Å². The first-order valence-corrected chi connectivity index (χ1v) is 14.8. The van der Waals surface area contributed by atoms with E-state index in [9.17, 15) is 14.4 Å². The summed E-state index contributed by atoms with van der Waals surface area (Å²) in [5.74, 6) is -1.21. The highest BCUT2D eigenvalue weighted by molar-refractivity contribution is 5.88. The van der Waals surface area contributed by atoms with Gasteiger partial charge in [0.1, 0.15) is 6.04 Å². The summed E-state index contributed by atoms with van der Waals surface area (Å²) >= 11 is 0. The highest BCUT2D eigenvalue weighted by Gasteiger charge is 2.26. The van der Waals surface area contributed by atoms with Gasteiger partial charge in [0.15, 0.2) is 0 Å². The topological polar surface area (TPSA) is 86.7 Å². The third kappa shape index (κ3) is 20.3. The van der Waals surface area contributed by atoms with E-state index < -0.39 is 12.0 Å². The number of hydrogen-bond donors (Lipinski definition) is 2. The van der Waals surface area contributed by atoms with E-state index in [-0.39, 0.29) is 24.7 Å². The van der Waals surface area contributed by atoms with Gasteiger partial charge in [-0.1, -0.05) is 111 Å². The maximum Gasteiger partial charge on any atom is 0.303 e. The molecular weight excluding hydrogens is 440 g/mol. The lowest BCUT2D eigenvalue weighted by Crippen LogP contribution is -2.49. The van der Waals surface area contributed by atoms with Gasteiger partial charge >= 0.3 is 5.97 Å². The third-order valence-corrected chi connectivity index (χ3v) is 6.66. The van der Waals surface area contributed by atoms with Gasteiger partial charge in [-0.3, -0.25) is 14.4 Å². The first-order valence-electron chi connectivity index (χ1n) is 14.8. The predicted molar refractivity (Wildman–Crippen MR) is 146 cm³/mol. The molecule has 0 radical (unpaired) electrons. The summed E-state index contributed by atoms with van der Waals surface area (Å²) < 4.78 is 0. The fourth-order valence-electron chi connectivity index (χ4n) is 4.35. The molecule has 0 rings (SSSR count). The minimum absolute atomic E-state index is 0.120. The quantitative estimate of drug-likeness (QED) is 0.130. The van der Waals surface area contributed by atoms with Gasteiger partial charge in [-0.15, -0.1) is 0 Å². The molecule has 2 amide bonds. The predicted octanol–water partition coefficient (Wildman–Crippen LogP) is 7.25. The Morgan fingerprint density at radius 1 is 0.629 bits per heavy atom. The second kappa shape index (κ2) is 24.1. The molecule has 2 N–H and O–H groups in total. The summed E-state index contributed by atoms with van der Waals surface area (Å²) in [6, 6.07) is -0.741. The van der Waals surface area contributed by atoms with Crippen LogP contribution in [0.25, 0.3) is 0 Å². The Labute approximate surface area is 216 Å². The van der Waals surface area contributed by atoms with E-state index in [1.807, 2.05) is 4.90 Å². The average Bonchev–Trinajstić information content (AvgIpc) is 2.84.